The van der Waals surface area contributed by atoms with Crippen LogP contribution in [0.4, 0.5) is 14.6 Å². The second kappa shape index (κ2) is 10.2. The van der Waals surface area contributed by atoms with Gasteiger partial charge in [-0.3, -0.25) is 13.9 Å². The number of imidazole rings is 1. The highest BCUT2D eigenvalue weighted by Gasteiger charge is 2.55. The van der Waals surface area contributed by atoms with Crippen LogP contribution < -0.4 is 16.2 Å². The molecule has 1 aliphatic carbocycles. The summed E-state index contributed by atoms with van der Waals surface area (Å²) in [5, 5.41) is 9.51. The molecule has 4 aromatic rings. The topological polar surface area (TPSA) is 119 Å². The third-order valence-corrected chi connectivity index (χ3v) is 7.53. The van der Waals surface area contributed by atoms with Gasteiger partial charge in [-0.25, -0.2) is 18.6 Å². The van der Waals surface area contributed by atoms with Crippen molar-refractivity contribution < 1.29 is 18.3 Å². The lowest BCUT2D eigenvalue weighted by Gasteiger charge is -2.33. The molecule has 1 saturated heterocycles. The predicted octanol–water partition coefficient (Wildman–Crippen LogP) is 4.83. The number of pyridine rings is 1. The van der Waals surface area contributed by atoms with Crippen LogP contribution in [0.25, 0.3) is 16.7 Å². The highest BCUT2D eigenvalue weighted by molar-refractivity contribution is 5.97. The number of carbonyl (C=O) groups is 1. The molecule has 9 nitrogen and oxygen atoms in total. The summed E-state index contributed by atoms with van der Waals surface area (Å²) >= 11 is 0. The number of anilines is 1. The molecule has 3 heterocycles. The van der Waals surface area contributed by atoms with Crippen LogP contribution in [0.5, 0.6) is 11.5 Å². The monoisotopic (exact) mass is 556 g/mol. The number of hydrogen-bond acceptors (Lipinski definition) is 6. The van der Waals surface area contributed by atoms with Gasteiger partial charge < -0.3 is 15.4 Å². The Morgan fingerprint density at radius 1 is 1.12 bits per heavy atom. The first-order valence-electron chi connectivity index (χ1n) is 13.3. The van der Waals surface area contributed by atoms with Crippen LogP contribution in [0.3, 0.4) is 0 Å². The molecule has 2 fully saturated rings. The van der Waals surface area contributed by atoms with Gasteiger partial charge in [0.25, 0.3) is 11.8 Å². The fourth-order valence-electron chi connectivity index (χ4n) is 5.36. The molecule has 1 aliphatic heterocycles. The molecule has 6 rings (SSSR count). The van der Waals surface area contributed by atoms with Crippen molar-refractivity contribution >= 4 is 22.8 Å². The first kappa shape index (κ1) is 26.3. The number of para-hydroxylation sites is 1. The van der Waals surface area contributed by atoms with E-state index in [0.717, 1.165) is 6.08 Å². The maximum atomic E-state index is 14.0. The first-order valence-corrected chi connectivity index (χ1v) is 13.3. The van der Waals surface area contributed by atoms with Crippen molar-refractivity contribution in [3.05, 3.63) is 89.0 Å². The van der Waals surface area contributed by atoms with E-state index >= 15 is 0 Å². The lowest BCUT2D eigenvalue weighted by Crippen LogP contribution is -2.43. The van der Waals surface area contributed by atoms with Crippen molar-refractivity contribution in [1.82, 2.24) is 19.0 Å². The summed E-state index contributed by atoms with van der Waals surface area (Å²) in [5.74, 6) is -3.13. The van der Waals surface area contributed by atoms with Crippen LogP contribution in [0.15, 0.2) is 83.3 Å². The number of nitrogen functional groups attached to an aromatic ring is 1. The van der Waals surface area contributed by atoms with Gasteiger partial charge in [0, 0.05) is 31.6 Å². The number of carbonyl (C=O) groups excluding carboxylic acids is 1. The van der Waals surface area contributed by atoms with Crippen molar-refractivity contribution in [3.8, 4) is 23.3 Å². The Labute approximate surface area is 233 Å². The van der Waals surface area contributed by atoms with E-state index in [9.17, 15) is 23.6 Å². The van der Waals surface area contributed by atoms with Gasteiger partial charge in [0.2, 0.25) is 0 Å². The van der Waals surface area contributed by atoms with Gasteiger partial charge in [-0.15, -0.1) is 0 Å². The summed E-state index contributed by atoms with van der Waals surface area (Å²) in [6.45, 7) is 0.499. The predicted molar refractivity (Wildman–Crippen MR) is 148 cm³/mol. The minimum Gasteiger partial charge on any atom is -0.457 e. The standard InChI is InChI=1S/C30H26F2N6O3/c31-30(32)16-20(30)15-19(17-33)28(39)36-14-4-5-22(18-36)37-25-12-13-35-27(34)26(25)38(29(37)40)21-8-10-24(11-9-21)41-23-6-2-1-3-7-23/h1-3,6-13,15,20,22H,4-5,14,16,18H2,(H2,34,35)/t20-,22?/m0/s1. The molecule has 0 bridgehead atoms. The molecule has 1 amide bonds. The number of halogens is 2. The number of rotatable bonds is 6. The summed E-state index contributed by atoms with van der Waals surface area (Å²) in [5.41, 5.74) is 7.16. The van der Waals surface area contributed by atoms with E-state index in [-0.39, 0.29) is 30.0 Å². The minimum atomic E-state index is -2.87. The molecule has 2 N–H and O–H groups in total. The Morgan fingerprint density at radius 3 is 2.51 bits per heavy atom. The van der Waals surface area contributed by atoms with E-state index in [1.165, 1.54) is 15.7 Å². The van der Waals surface area contributed by atoms with E-state index in [0.29, 0.717) is 47.6 Å². The van der Waals surface area contributed by atoms with Crippen molar-refractivity contribution in [2.45, 2.75) is 31.2 Å². The second-order valence-corrected chi connectivity index (χ2v) is 10.3. The van der Waals surface area contributed by atoms with Gasteiger partial charge in [0.1, 0.15) is 34.5 Å². The molecule has 2 aromatic carbocycles. The molecule has 1 unspecified atom stereocenters. The molecule has 2 atom stereocenters. The third kappa shape index (κ3) is 4.93. The van der Waals surface area contributed by atoms with Gasteiger partial charge >= 0.3 is 5.69 Å². The van der Waals surface area contributed by atoms with Crippen LogP contribution >= 0.6 is 0 Å². The Kier molecular flexibility index (Phi) is 6.53. The molecule has 2 aromatic heterocycles. The van der Waals surface area contributed by atoms with Crippen LogP contribution in [0.2, 0.25) is 0 Å². The van der Waals surface area contributed by atoms with Gasteiger partial charge in [-0.05, 0) is 55.3 Å². The fourth-order valence-corrected chi connectivity index (χ4v) is 5.36. The summed E-state index contributed by atoms with van der Waals surface area (Å²) in [6.07, 6.45) is 3.40. The third-order valence-electron chi connectivity index (χ3n) is 7.53. The molecule has 11 heteroatoms. The molecular formula is C30H26F2N6O3. The Balaban J connectivity index is 1.32. The summed E-state index contributed by atoms with van der Waals surface area (Å²) < 4.78 is 35.8. The van der Waals surface area contributed by atoms with E-state index < -0.39 is 23.8 Å². The highest BCUT2D eigenvalue weighted by atomic mass is 19.3. The van der Waals surface area contributed by atoms with Gasteiger partial charge in [-0.1, -0.05) is 24.3 Å². The zero-order valence-corrected chi connectivity index (χ0v) is 21.9. The average molecular weight is 557 g/mol. The van der Waals surface area contributed by atoms with E-state index in [1.807, 2.05) is 30.3 Å². The number of aromatic nitrogens is 3. The van der Waals surface area contributed by atoms with Gasteiger partial charge in [0.15, 0.2) is 0 Å². The molecule has 0 spiro atoms. The second-order valence-electron chi connectivity index (χ2n) is 10.3. The quantitative estimate of drug-likeness (QED) is 0.268. The number of amides is 1. The number of piperidine rings is 1. The Bertz CT molecular complexity index is 1760. The number of alkyl halides is 2. The highest BCUT2D eigenvalue weighted by Crippen LogP contribution is 2.50. The van der Waals surface area contributed by atoms with E-state index in [1.54, 1.807) is 41.0 Å². The number of likely N-dealkylation sites (tertiary alicyclic amines) is 1. The van der Waals surface area contributed by atoms with Crippen LogP contribution in [0.1, 0.15) is 25.3 Å². The number of allylic oxidation sites excluding steroid dienone is 1. The Hall–Kier alpha value is -4.98. The van der Waals surface area contributed by atoms with Crippen molar-refractivity contribution in [1.29, 1.82) is 5.26 Å². The molecule has 0 radical (unpaired) electrons. The van der Waals surface area contributed by atoms with Crippen LogP contribution in [-0.2, 0) is 4.79 Å². The number of ether oxygens (including phenoxy) is 1. The molecular weight excluding hydrogens is 530 g/mol. The number of hydrogen-bond donors (Lipinski definition) is 1. The summed E-state index contributed by atoms with van der Waals surface area (Å²) in [7, 11) is 0. The SMILES string of the molecule is N#CC(=C[C@H]1CC1(F)F)C(=O)N1CCCC(n2c(=O)n(-c3ccc(Oc4ccccc4)cc3)c3c(N)nccc32)C1. The molecule has 41 heavy (non-hydrogen) atoms. The zero-order valence-electron chi connectivity index (χ0n) is 21.9. The van der Waals surface area contributed by atoms with E-state index in [2.05, 4.69) is 4.98 Å². The fraction of sp³-hybridized carbons (Fsp3) is 0.267. The maximum Gasteiger partial charge on any atom is 0.334 e. The van der Waals surface area contributed by atoms with Crippen molar-refractivity contribution in [2.24, 2.45) is 5.92 Å². The normalized spacial score (nSPS) is 20.0. The number of benzene rings is 2. The van der Waals surface area contributed by atoms with Crippen LogP contribution in [-0.4, -0.2) is 43.9 Å². The minimum absolute atomic E-state index is 0.143. The maximum absolute atomic E-state index is 14.0. The number of nitrogens with zero attached hydrogens (tertiary/aromatic N) is 5. The van der Waals surface area contributed by atoms with Crippen molar-refractivity contribution in [3.63, 3.8) is 0 Å². The van der Waals surface area contributed by atoms with Crippen molar-refractivity contribution in [2.75, 3.05) is 18.8 Å². The number of fused-ring (bicyclic) bond motifs is 1. The Morgan fingerprint density at radius 2 is 1.83 bits per heavy atom. The first-order chi connectivity index (χ1) is 19.8. The van der Waals surface area contributed by atoms with Gasteiger partial charge in [0.05, 0.1) is 17.2 Å². The smallest absolute Gasteiger partial charge is 0.334 e. The van der Waals surface area contributed by atoms with Gasteiger partial charge in [-0.2, -0.15) is 5.26 Å². The zero-order chi connectivity index (χ0) is 28.7. The lowest BCUT2D eigenvalue weighted by atomic mass is 10.0. The molecule has 208 valence electrons. The lowest BCUT2D eigenvalue weighted by molar-refractivity contribution is -0.128. The summed E-state index contributed by atoms with van der Waals surface area (Å²) in [4.78, 5) is 32.8. The number of nitriles is 1. The summed E-state index contributed by atoms with van der Waals surface area (Å²) in [6, 6.07) is 19.4. The average Bonchev–Trinajstić information content (AvgIpc) is 3.46. The molecule has 2 aliphatic rings. The van der Waals surface area contributed by atoms with Crippen LogP contribution in [0, 0.1) is 17.2 Å². The number of nitrogens with two attached hydrogens (primary N) is 1. The largest absolute Gasteiger partial charge is 0.457 e. The van der Waals surface area contributed by atoms with E-state index in [4.69, 9.17) is 10.5 Å². The molecule has 1 saturated carbocycles.